The van der Waals surface area contributed by atoms with Crippen LogP contribution in [0.15, 0.2) is 69.9 Å². The van der Waals surface area contributed by atoms with Gasteiger partial charge in [-0.15, -0.1) is 0 Å². The second kappa shape index (κ2) is 10.9. The lowest BCUT2D eigenvalue weighted by molar-refractivity contribution is 0.0963. The molecule has 0 saturated heterocycles. The number of amides is 1. The second-order valence-corrected chi connectivity index (χ2v) is 11.4. The fourth-order valence-electron chi connectivity index (χ4n) is 5.25. The van der Waals surface area contributed by atoms with E-state index in [0.29, 0.717) is 34.6 Å². The first-order chi connectivity index (χ1) is 19.9. The van der Waals surface area contributed by atoms with Gasteiger partial charge in [-0.2, -0.15) is 0 Å². The van der Waals surface area contributed by atoms with Crippen LogP contribution in [0.25, 0.3) is 44.3 Å². The van der Waals surface area contributed by atoms with E-state index in [4.69, 9.17) is 14.4 Å². The molecule has 2 aromatic carbocycles. The standard InChI is InChI=1S/C33H31FN4O2S/c1-5-19-9-14-26-33(36-18-19)41-32(37-26)22-8-6-7-21(15-22)24-16-25-28(17-27(24)38(3)4)40-30(29(25)31(39)35-2)20-10-12-23(34)13-11-20/h6-10,12,14-19H,5,11,13H2,1-4H3,(H,35,39). The number of nitrogens with one attached hydrogen (secondary N) is 1. The molecule has 41 heavy (non-hydrogen) atoms. The average molecular weight is 567 g/mol. The van der Waals surface area contributed by atoms with E-state index < -0.39 is 0 Å². The minimum Gasteiger partial charge on any atom is -0.455 e. The van der Waals surface area contributed by atoms with E-state index >= 15 is 0 Å². The first kappa shape index (κ1) is 26.9. The van der Waals surface area contributed by atoms with Gasteiger partial charge in [0.15, 0.2) is 0 Å². The molecule has 1 amide bonds. The zero-order valence-corrected chi connectivity index (χ0v) is 24.3. The molecular formula is C33H31FN4O2S. The van der Waals surface area contributed by atoms with Crippen LogP contribution in [0, 0.1) is 5.92 Å². The normalized spacial score (nSPS) is 16.3. The summed E-state index contributed by atoms with van der Waals surface area (Å²) in [6.45, 7) is 2.15. The van der Waals surface area contributed by atoms with Crippen molar-refractivity contribution in [1.29, 1.82) is 0 Å². The number of hydrogen-bond acceptors (Lipinski definition) is 6. The number of rotatable bonds is 6. The molecule has 6 nitrogen and oxygen atoms in total. The number of anilines is 1. The van der Waals surface area contributed by atoms with Crippen LogP contribution in [0.5, 0.6) is 0 Å². The zero-order chi connectivity index (χ0) is 28.7. The highest BCUT2D eigenvalue weighted by atomic mass is 32.1. The van der Waals surface area contributed by atoms with Crippen molar-refractivity contribution in [2.24, 2.45) is 10.9 Å². The van der Waals surface area contributed by atoms with E-state index in [1.807, 2.05) is 43.4 Å². The zero-order valence-electron chi connectivity index (χ0n) is 23.5. The molecule has 0 saturated carbocycles. The first-order valence-electron chi connectivity index (χ1n) is 13.8. The van der Waals surface area contributed by atoms with Crippen molar-refractivity contribution in [3.8, 4) is 21.7 Å². The minimum atomic E-state index is -0.241. The van der Waals surface area contributed by atoms with Crippen LogP contribution in [0.1, 0.15) is 48.0 Å². The van der Waals surface area contributed by atoms with Gasteiger partial charge in [-0.3, -0.25) is 4.79 Å². The van der Waals surface area contributed by atoms with Gasteiger partial charge in [0.25, 0.3) is 5.91 Å². The molecular weight excluding hydrogens is 535 g/mol. The Kier molecular flexibility index (Phi) is 7.17. The summed E-state index contributed by atoms with van der Waals surface area (Å²) < 4.78 is 20.1. The third kappa shape index (κ3) is 5.04. The predicted octanol–water partition coefficient (Wildman–Crippen LogP) is 8.43. The number of halogens is 1. The van der Waals surface area contributed by atoms with Gasteiger partial charge in [-0.05, 0) is 48.3 Å². The summed E-state index contributed by atoms with van der Waals surface area (Å²) in [5.74, 6) is 0.405. The Morgan fingerprint density at radius 1 is 1.17 bits per heavy atom. The molecule has 208 valence electrons. The number of aromatic nitrogens is 1. The van der Waals surface area contributed by atoms with Crippen molar-refractivity contribution in [2.75, 3.05) is 26.0 Å². The van der Waals surface area contributed by atoms with Gasteiger partial charge in [0.05, 0.1) is 5.56 Å². The molecule has 8 heteroatoms. The number of aliphatic imine (C=N–C) groups is 1. The number of hydrogen-bond donors (Lipinski definition) is 1. The van der Waals surface area contributed by atoms with Gasteiger partial charge < -0.3 is 14.6 Å². The van der Waals surface area contributed by atoms with E-state index in [1.165, 1.54) is 6.08 Å². The fourth-order valence-corrected chi connectivity index (χ4v) is 6.15. The van der Waals surface area contributed by atoms with Crippen molar-refractivity contribution in [1.82, 2.24) is 10.3 Å². The topological polar surface area (TPSA) is 70.7 Å². The highest BCUT2D eigenvalue weighted by molar-refractivity contribution is 7.19. The summed E-state index contributed by atoms with van der Waals surface area (Å²) in [5, 5.41) is 5.30. The predicted molar refractivity (Wildman–Crippen MR) is 168 cm³/mol. The van der Waals surface area contributed by atoms with E-state index in [-0.39, 0.29) is 18.2 Å². The van der Waals surface area contributed by atoms with Gasteiger partial charge in [-0.25, -0.2) is 14.4 Å². The molecule has 1 aliphatic carbocycles. The number of fused-ring (bicyclic) bond motifs is 2. The molecule has 0 fully saturated rings. The Balaban J connectivity index is 1.48. The monoisotopic (exact) mass is 566 g/mol. The Hall–Kier alpha value is -4.30. The third-order valence-electron chi connectivity index (χ3n) is 7.54. The SMILES string of the molecule is CCC1C=Cc2nc(-c3cccc(-c4cc5c(C(=O)NC)c(C6=CC=C(F)CC6)oc5cc4N(C)C)c3)sc2N=C1. The Labute approximate surface area is 242 Å². The molecule has 1 unspecified atom stereocenters. The smallest absolute Gasteiger partial charge is 0.255 e. The van der Waals surface area contributed by atoms with Gasteiger partial charge >= 0.3 is 0 Å². The second-order valence-electron chi connectivity index (χ2n) is 10.5. The van der Waals surface area contributed by atoms with Crippen LogP contribution in [0.2, 0.25) is 0 Å². The molecule has 6 rings (SSSR count). The highest BCUT2D eigenvalue weighted by Crippen LogP contribution is 2.42. The van der Waals surface area contributed by atoms with Crippen molar-refractivity contribution >= 4 is 56.8 Å². The molecule has 4 aromatic rings. The quantitative estimate of drug-likeness (QED) is 0.254. The van der Waals surface area contributed by atoms with Gasteiger partial charge in [-0.1, -0.05) is 48.6 Å². The largest absolute Gasteiger partial charge is 0.455 e. The molecule has 0 bridgehead atoms. The molecule has 0 radical (unpaired) electrons. The van der Waals surface area contributed by atoms with E-state index in [2.05, 4.69) is 42.6 Å². The van der Waals surface area contributed by atoms with Crippen LogP contribution in [0.3, 0.4) is 0 Å². The number of carbonyl (C=O) groups excluding carboxylic acids is 1. The van der Waals surface area contributed by atoms with Crippen LogP contribution in [-0.2, 0) is 0 Å². The van der Waals surface area contributed by atoms with Crippen molar-refractivity contribution in [3.05, 3.63) is 77.5 Å². The summed E-state index contributed by atoms with van der Waals surface area (Å²) in [6.07, 6.45) is 11.2. The van der Waals surface area contributed by atoms with Crippen LogP contribution in [0.4, 0.5) is 15.1 Å². The summed E-state index contributed by atoms with van der Waals surface area (Å²) in [7, 11) is 5.58. The molecule has 1 atom stereocenters. The van der Waals surface area contributed by atoms with Crippen molar-refractivity contribution < 1.29 is 13.6 Å². The van der Waals surface area contributed by atoms with Gasteiger partial charge in [0.2, 0.25) is 0 Å². The number of benzene rings is 2. The molecule has 3 heterocycles. The maximum Gasteiger partial charge on any atom is 0.255 e. The van der Waals surface area contributed by atoms with Crippen LogP contribution >= 0.6 is 11.3 Å². The van der Waals surface area contributed by atoms with Gasteiger partial charge in [0, 0.05) is 68.0 Å². The minimum absolute atomic E-state index is 0.173. The number of thiazole rings is 1. The summed E-state index contributed by atoms with van der Waals surface area (Å²) in [5.41, 5.74) is 6.69. The number of nitrogens with zero attached hydrogens (tertiary/aromatic N) is 3. The Bertz CT molecular complexity index is 1760. The number of furan rings is 1. The number of allylic oxidation sites excluding steroid dienone is 5. The number of carbonyl (C=O) groups is 1. The lowest BCUT2D eigenvalue weighted by Crippen LogP contribution is -2.19. The Morgan fingerprint density at radius 3 is 2.73 bits per heavy atom. The summed E-state index contributed by atoms with van der Waals surface area (Å²) >= 11 is 1.58. The van der Waals surface area contributed by atoms with E-state index in [0.717, 1.165) is 50.1 Å². The highest BCUT2D eigenvalue weighted by Gasteiger charge is 2.26. The van der Waals surface area contributed by atoms with Crippen LogP contribution < -0.4 is 10.2 Å². The van der Waals surface area contributed by atoms with Crippen LogP contribution in [-0.4, -0.2) is 38.2 Å². The average Bonchev–Trinajstić information content (AvgIpc) is 3.52. The molecule has 2 aliphatic rings. The molecule has 2 aromatic heterocycles. The third-order valence-corrected chi connectivity index (χ3v) is 8.57. The maximum absolute atomic E-state index is 13.7. The Morgan fingerprint density at radius 2 is 2.00 bits per heavy atom. The first-order valence-corrected chi connectivity index (χ1v) is 14.6. The summed E-state index contributed by atoms with van der Waals surface area (Å²) in [6, 6.07) is 12.3. The molecule has 1 N–H and O–H groups in total. The van der Waals surface area contributed by atoms with E-state index in [1.54, 1.807) is 24.5 Å². The molecule has 0 spiro atoms. The van der Waals surface area contributed by atoms with Crippen molar-refractivity contribution in [2.45, 2.75) is 26.2 Å². The van der Waals surface area contributed by atoms with Crippen molar-refractivity contribution in [3.63, 3.8) is 0 Å². The fraction of sp³-hybridized carbons (Fsp3) is 0.242. The van der Waals surface area contributed by atoms with Gasteiger partial charge in [0.1, 0.15) is 32.9 Å². The lowest BCUT2D eigenvalue weighted by Gasteiger charge is -2.18. The lowest BCUT2D eigenvalue weighted by atomic mass is 9.95. The maximum atomic E-state index is 13.7. The summed E-state index contributed by atoms with van der Waals surface area (Å²) in [4.78, 5) is 24.8. The molecule has 1 aliphatic heterocycles. The van der Waals surface area contributed by atoms with E-state index in [9.17, 15) is 9.18 Å².